The van der Waals surface area contributed by atoms with Crippen molar-refractivity contribution in [1.82, 2.24) is 14.0 Å². The number of nitrogens with zero attached hydrogens (tertiary/aromatic N) is 5. The molecule has 0 aliphatic carbocycles. The summed E-state index contributed by atoms with van der Waals surface area (Å²) in [6.45, 7) is 4.06. The molecule has 0 fully saturated rings. The van der Waals surface area contributed by atoms with E-state index in [1.165, 1.54) is 11.3 Å². The minimum Gasteiger partial charge on any atom is -0.454 e. The maximum Gasteiger partial charge on any atom is 0.297 e. The minimum absolute atomic E-state index is 0.186. The van der Waals surface area contributed by atoms with Crippen LogP contribution in [0.3, 0.4) is 0 Å². The van der Waals surface area contributed by atoms with Crippen LogP contribution < -0.4 is 19.8 Å². The highest BCUT2D eigenvalue weighted by atomic mass is 32.1. The van der Waals surface area contributed by atoms with Crippen molar-refractivity contribution in [1.29, 1.82) is 0 Å². The van der Waals surface area contributed by atoms with Gasteiger partial charge in [0.05, 0.1) is 22.8 Å². The highest BCUT2D eigenvalue weighted by molar-refractivity contribution is 7.07. The molecule has 0 atom stereocenters. The number of rotatable bonds is 5. The Labute approximate surface area is 223 Å². The number of fused-ring (bicyclic) bond motifs is 1. The molecule has 3 heterocycles. The molecule has 0 unspecified atom stereocenters. The Balaban J connectivity index is 1.53. The average molecular weight is 524 g/mol. The summed E-state index contributed by atoms with van der Waals surface area (Å²) in [4.78, 5) is 19.0. The van der Waals surface area contributed by atoms with Crippen LogP contribution in [0.4, 0.5) is 5.69 Å². The van der Waals surface area contributed by atoms with E-state index >= 15 is 0 Å². The van der Waals surface area contributed by atoms with Crippen molar-refractivity contribution in [3.8, 4) is 28.4 Å². The third-order valence-electron chi connectivity index (χ3n) is 6.53. The maximum atomic E-state index is 13.5. The monoisotopic (exact) mass is 523 g/mol. The fourth-order valence-electron chi connectivity index (χ4n) is 4.39. The van der Waals surface area contributed by atoms with E-state index in [2.05, 4.69) is 0 Å². The molecule has 0 saturated carbocycles. The number of ether oxygens (including phenoxy) is 2. The normalized spacial score (nSPS) is 13.3. The molecule has 0 saturated heterocycles. The summed E-state index contributed by atoms with van der Waals surface area (Å²) in [5.74, 6) is 1.42. The predicted molar refractivity (Wildman–Crippen MR) is 149 cm³/mol. The third-order valence-corrected chi connectivity index (χ3v) is 7.34. The number of aromatic nitrogens is 3. The molecule has 0 N–H and O–H groups in total. The summed E-state index contributed by atoms with van der Waals surface area (Å²) >= 11 is 1.44. The van der Waals surface area contributed by atoms with E-state index < -0.39 is 0 Å². The zero-order valence-electron chi connectivity index (χ0n) is 21.2. The van der Waals surface area contributed by atoms with Gasteiger partial charge in [-0.25, -0.2) is 14.4 Å². The average Bonchev–Trinajstić information content (AvgIpc) is 3.63. The van der Waals surface area contributed by atoms with Crippen molar-refractivity contribution in [2.45, 2.75) is 13.8 Å². The summed E-state index contributed by atoms with van der Waals surface area (Å²) in [6, 6.07) is 25.3. The molecule has 0 amide bonds. The van der Waals surface area contributed by atoms with Crippen molar-refractivity contribution < 1.29 is 9.47 Å². The van der Waals surface area contributed by atoms with Crippen molar-refractivity contribution in [2.75, 3.05) is 6.79 Å². The summed E-state index contributed by atoms with van der Waals surface area (Å²) in [6.07, 6.45) is 0. The zero-order chi connectivity index (χ0) is 26.2. The molecular weight excluding hydrogens is 498 g/mol. The Bertz CT molecular complexity index is 1790. The fraction of sp³-hybridized carbons (Fsp3) is 0.138. The van der Waals surface area contributed by atoms with E-state index in [1.807, 2.05) is 110 Å². The first-order valence-corrected chi connectivity index (χ1v) is 13.0. The molecule has 2 aromatic heterocycles. The smallest absolute Gasteiger partial charge is 0.297 e. The molecule has 0 bridgehead atoms. The van der Waals surface area contributed by atoms with Crippen LogP contribution in [0, 0.1) is 6.92 Å². The Morgan fingerprint density at radius 2 is 1.66 bits per heavy atom. The number of benzene rings is 3. The Morgan fingerprint density at radius 1 is 0.947 bits per heavy atom. The van der Waals surface area contributed by atoms with Crippen molar-refractivity contribution in [3.63, 3.8) is 0 Å². The van der Waals surface area contributed by atoms with Crippen molar-refractivity contribution >= 4 is 22.7 Å². The van der Waals surface area contributed by atoms with Crippen molar-refractivity contribution in [3.05, 3.63) is 111 Å². The number of hydrogen-bond acceptors (Lipinski definition) is 6. The molecule has 9 heteroatoms. The van der Waals surface area contributed by atoms with Gasteiger partial charge in [-0.3, -0.25) is 9.48 Å². The largest absolute Gasteiger partial charge is 0.454 e. The molecule has 3 aromatic carbocycles. The lowest BCUT2D eigenvalue weighted by Gasteiger charge is -2.07. The van der Waals surface area contributed by atoms with Gasteiger partial charge in [-0.15, -0.1) is 11.3 Å². The third kappa shape index (κ3) is 4.16. The SMILES string of the molecule is CC(=Nn1c(-c2ccccc2)csc1=Nc1c(C)n(C)n(-c2ccccc2)c1=O)c1ccc2c(c1)OCO2. The molecule has 1 aliphatic heterocycles. The lowest BCUT2D eigenvalue weighted by atomic mass is 10.1. The molecule has 5 aromatic rings. The van der Waals surface area contributed by atoms with E-state index in [0.717, 1.165) is 39.7 Å². The molecule has 38 heavy (non-hydrogen) atoms. The van der Waals surface area contributed by atoms with Gasteiger partial charge < -0.3 is 9.47 Å². The lowest BCUT2D eigenvalue weighted by molar-refractivity contribution is 0.174. The van der Waals surface area contributed by atoms with Crippen LogP contribution in [0.25, 0.3) is 16.9 Å². The lowest BCUT2D eigenvalue weighted by Crippen LogP contribution is -2.20. The first-order valence-electron chi connectivity index (χ1n) is 12.1. The van der Waals surface area contributed by atoms with Crippen LogP contribution >= 0.6 is 11.3 Å². The summed E-state index contributed by atoms with van der Waals surface area (Å²) in [7, 11) is 1.86. The van der Waals surface area contributed by atoms with Gasteiger partial charge in [-0.2, -0.15) is 5.10 Å². The van der Waals surface area contributed by atoms with Crippen LogP contribution in [0.5, 0.6) is 11.5 Å². The van der Waals surface area contributed by atoms with Gasteiger partial charge in [0.1, 0.15) is 0 Å². The number of thiazole rings is 1. The second-order valence-electron chi connectivity index (χ2n) is 8.86. The topological polar surface area (TPSA) is 75.0 Å². The van der Waals surface area contributed by atoms with E-state index in [9.17, 15) is 4.79 Å². The first kappa shape index (κ1) is 23.7. The van der Waals surface area contributed by atoms with Gasteiger partial charge in [0.15, 0.2) is 17.2 Å². The van der Waals surface area contributed by atoms with Crippen LogP contribution in [0.2, 0.25) is 0 Å². The van der Waals surface area contributed by atoms with E-state index in [1.54, 1.807) is 9.36 Å². The van der Waals surface area contributed by atoms with E-state index in [0.29, 0.717) is 16.2 Å². The van der Waals surface area contributed by atoms with E-state index in [-0.39, 0.29) is 12.4 Å². The summed E-state index contributed by atoms with van der Waals surface area (Å²) < 4.78 is 16.3. The number of hydrogen-bond donors (Lipinski definition) is 0. The highest BCUT2D eigenvalue weighted by Crippen LogP contribution is 2.32. The van der Waals surface area contributed by atoms with Crippen molar-refractivity contribution in [2.24, 2.45) is 17.1 Å². The first-order chi connectivity index (χ1) is 18.5. The standard InChI is InChI=1S/C29H25N5O3S/c1-19(22-14-15-25-26(16-22)37-18-36-25)31-33-24(21-10-6-4-7-11-21)17-38-29(33)30-27-20(2)32(3)34(28(27)35)23-12-8-5-9-13-23/h4-17H,18H2,1-3H3. The molecule has 0 spiro atoms. The highest BCUT2D eigenvalue weighted by Gasteiger charge is 2.18. The second kappa shape index (κ2) is 9.68. The quantitative estimate of drug-likeness (QED) is 0.296. The Morgan fingerprint density at radius 3 is 2.42 bits per heavy atom. The summed E-state index contributed by atoms with van der Waals surface area (Å²) in [5.41, 5.74) is 5.29. The number of para-hydroxylation sites is 1. The maximum absolute atomic E-state index is 13.5. The van der Waals surface area contributed by atoms with Gasteiger partial charge in [-0.05, 0) is 44.2 Å². The molecule has 6 rings (SSSR count). The molecular formula is C29H25N5O3S. The van der Waals surface area contributed by atoms with Gasteiger partial charge in [-0.1, -0.05) is 48.5 Å². The summed E-state index contributed by atoms with van der Waals surface area (Å²) in [5, 5.41) is 6.98. The van der Waals surface area contributed by atoms with E-state index in [4.69, 9.17) is 19.6 Å². The predicted octanol–water partition coefficient (Wildman–Crippen LogP) is 5.25. The zero-order valence-corrected chi connectivity index (χ0v) is 22.0. The van der Waals surface area contributed by atoms with Gasteiger partial charge in [0, 0.05) is 23.6 Å². The van der Waals surface area contributed by atoms with Gasteiger partial charge >= 0.3 is 0 Å². The molecule has 190 valence electrons. The van der Waals surface area contributed by atoms with Gasteiger partial charge in [0.25, 0.3) is 5.56 Å². The molecule has 0 radical (unpaired) electrons. The molecule has 1 aliphatic rings. The Kier molecular flexibility index (Phi) is 6.05. The van der Waals surface area contributed by atoms with Crippen LogP contribution in [-0.4, -0.2) is 26.5 Å². The molecule has 8 nitrogen and oxygen atoms in total. The van der Waals surface area contributed by atoms with Gasteiger partial charge in [0.2, 0.25) is 11.6 Å². The minimum atomic E-state index is -0.186. The second-order valence-corrected chi connectivity index (χ2v) is 9.69. The van der Waals surface area contributed by atoms with Crippen LogP contribution in [0.15, 0.2) is 99.1 Å². The Hall–Kier alpha value is -4.63. The van der Waals surface area contributed by atoms with Crippen LogP contribution in [-0.2, 0) is 7.05 Å². The fourth-order valence-corrected chi connectivity index (χ4v) is 5.22. The van der Waals surface area contributed by atoms with Crippen LogP contribution in [0.1, 0.15) is 18.2 Å².